The van der Waals surface area contributed by atoms with Gasteiger partial charge in [-0.15, -0.1) is 0 Å². The highest BCUT2D eigenvalue weighted by molar-refractivity contribution is 6.62. The SMILES string of the molecule is CC(C)(C)OC(=O)N1CCC2(CC1)CC2(C(=O)OC(C)(C)C)c1ccc(B2OC(C)(C)C(C)(C)O2)cc1. The Hall–Kier alpha value is -2.06. The first kappa shape index (κ1) is 28.0. The molecule has 1 aromatic carbocycles. The van der Waals surface area contributed by atoms with Gasteiger partial charge in [-0.3, -0.25) is 4.79 Å². The molecule has 3 fully saturated rings. The van der Waals surface area contributed by atoms with Crippen LogP contribution in [-0.4, -0.2) is 59.6 Å². The second-order valence-electron chi connectivity index (χ2n) is 14.0. The molecular weight excluding hydrogens is 469 g/mol. The summed E-state index contributed by atoms with van der Waals surface area (Å²) in [5.41, 5.74) is -1.05. The van der Waals surface area contributed by atoms with E-state index in [-0.39, 0.29) is 17.5 Å². The third-order valence-corrected chi connectivity index (χ3v) is 8.43. The van der Waals surface area contributed by atoms with Crippen molar-refractivity contribution in [1.82, 2.24) is 4.90 Å². The quantitative estimate of drug-likeness (QED) is 0.419. The predicted molar refractivity (Wildman–Crippen MR) is 144 cm³/mol. The fraction of sp³-hybridized carbons (Fsp3) is 0.724. The molecule has 3 aliphatic rings. The Morgan fingerprint density at radius 1 is 0.838 bits per heavy atom. The number of hydrogen-bond donors (Lipinski definition) is 0. The van der Waals surface area contributed by atoms with Crippen molar-refractivity contribution in [3.05, 3.63) is 29.8 Å². The zero-order chi connectivity index (χ0) is 27.7. The molecule has 2 saturated heterocycles. The first-order chi connectivity index (χ1) is 16.8. The second-order valence-corrected chi connectivity index (χ2v) is 14.0. The van der Waals surface area contributed by atoms with E-state index in [9.17, 15) is 9.59 Å². The number of hydrogen-bond acceptors (Lipinski definition) is 6. The van der Waals surface area contributed by atoms with Gasteiger partial charge in [0.25, 0.3) is 0 Å². The molecule has 1 unspecified atom stereocenters. The highest BCUT2D eigenvalue weighted by Crippen LogP contribution is 2.70. The molecule has 1 spiro atoms. The molecule has 1 aromatic rings. The Kier molecular flexibility index (Phi) is 6.60. The van der Waals surface area contributed by atoms with Gasteiger partial charge in [0.15, 0.2) is 0 Å². The Balaban J connectivity index is 1.57. The second kappa shape index (κ2) is 8.73. The largest absolute Gasteiger partial charge is 0.494 e. The Morgan fingerprint density at radius 2 is 1.32 bits per heavy atom. The van der Waals surface area contributed by atoms with E-state index in [0.717, 1.165) is 23.9 Å². The fourth-order valence-electron chi connectivity index (χ4n) is 5.59. The van der Waals surface area contributed by atoms with Gasteiger partial charge in [-0.1, -0.05) is 24.3 Å². The number of amides is 1. The summed E-state index contributed by atoms with van der Waals surface area (Å²) in [6, 6.07) is 8.06. The third kappa shape index (κ3) is 5.16. The lowest BCUT2D eigenvalue weighted by molar-refractivity contribution is -0.159. The standard InChI is InChI=1S/C29H44BNO6/c1-24(2,3)34-22(32)29(19-28(29)15-17-31(18-16-28)23(33)35-25(4,5)6)20-11-13-21(14-12-20)30-36-26(7,8)27(9,10)37-30/h11-14H,15-19H2,1-10H3. The Bertz CT molecular complexity index is 1030. The smallest absolute Gasteiger partial charge is 0.459 e. The van der Waals surface area contributed by atoms with E-state index in [1.165, 1.54) is 0 Å². The number of nitrogens with zero attached hydrogens (tertiary/aromatic N) is 1. The summed E-state index contributed by atoms with van der Waals surface area (Å²) in [7, 11) is -0.457. The lowest BCUT2D eigenvalue weighted by Gasteiger charge is -2.36. The molecule has 1 atom stereocenters. The first-order valence-corrected chi connectivity index (χ1v) is 13.5. The maximum absolute atomic E-state index is 13.8. The number of likely N-dealkylation sites (tertiary alicyclic amines) is 1. The topological polar surface area (TPSA) is 74.3 Å². The third-order valence-electron chi connectivity index (χ3n) is 8.43. The van der Waals surface area contributed by atoms with Gasteiger partial charge in [0.2, 0.25) is 0 Å². The van der Waals surface area contributed by atoms with Crippen LogP contribution in [-0.2, 0) is 29.0 Å². The van der Waals surface area contributed by atoms with Gasteiger partial charge in [0, 0.05) is 13.1 Å². The molecule has 1 amide bonds. The van der Waals surface area contributed by atoms with Gasteiger partial charge in [-0.2, -0.15) is 0 Å². The number of carbonyl (C=O) groups is 2. The van der Waals surface area contributed by atoms with E-state index >= 15 is 0 Å². The number of esters is 1. The highest BCUT2D eigenvalue weighted by Gasteiger charge is 2.73. The highest BCUT2D eigenvalue weighted by atomic mass is 16.7. The Morgan fingerprint density at radius 3 is 1.78 bits per heavy atom. The zero-order valence-electron chi connectivity index (χ0n) is 24.3. The predicted octanol–water partition coefficient (Wildman–Crippen LogP) is 4.99. The lowest BCUT2D eigenvalue weighted by atomic mass is 9.76. The molecule has 1 saturated carbocycles. The van der Waals surface area contributed by atoms with E-state index in [0.29, 0.717) is 19.5 Å². The molecule has 0 N–H and O–H groups in total. The van der Waals surface area contributed by atoms with Crippen molar-refractivity contribution >= 4 is 24.6 Å². The molecule has 204 valence electrons. The van der Waals surface area contributed by atoms with Crippen molar-refractivity contribution in [2.75, 3.05) is 13.1 Å². The minimum Gasteiger partial charge on any atom is -0.459 e. The molecule has 1 aliphatic carbocycles. The molecule has 2 aliphatic heterocycles. The minimum absolute atomic E-state index is 0.186. The van der Waals surface area contributed by atoms with Crippen molar-refractivity contribution in [1.29, 1.82) is 0 Å². The van der Waals surface area contributed by atoms with Gasteiger partial charge in [-0.05, 0) is 105 Å². The molecular formula is C29H44BNO6. The monoisotopic (exact) mass is 513 g/mol. The molecule has 8 heteroatoms. The van der Waals surface area contributed by atoms with Crippen molar-refractivity contribution in [2.24, 2.45) is 5.41 Å². The van der Waals surface area contributed by atoms with Crippen LogP contribution in [0, 0.1) is 5.41 Å². The van der Waals surface area contributed by atoms with E-state index in [4.69, 9.17) is 18.8 Å². The number of ether oxygens (including phenoxy) is 2. The van der Waals surface area contributed by atoms with Crippen LogP contribution in [0.15, 0.2) is 24.3 Å². The number of benzene rings is 1. The van der Waals surface area contributed by atoms with Crippen LogP contribution >= 0.6 is 0 Å². The maximum atomic E-state index is 13.8. The summed E-state index contributed by atoms with van der Waals surface area (Å²) in [4.78, 5) is 28.2. The lowest BCUT2D eigenvalue weighted by Crippen LogP contribution is -2.45. The molecule has 0 bridgehead atoms. The summed E-state index contributed by atoms with van der Waals surface area (Å²) in [5.74, 6) is -0.186. The maximum Gasteiger partial charge on any atom is 0.494 e. The summed E-state index contributed by atoms with van der Waals surface area (Å²) < 4.78 is 24.0. The van der Waals surface area contributed by atoms with Crippen LogP contribution in [0.5, 0.6) is 0 Å². The van der Waals surface area contributed by atoms with Crippen molar-refractivity contribution < 1.29 is 28.4 Å². The minimum atomic E-state index is -0.727. The van der Waals surface area contributed by atoms with Crippen molar-refractivity contribution in [3.8, 4) is 0 Å². The molecule has 4 rings (SSSR count). The van der Waals surface area contributed by atoms with Gasteiger partial charge >= 0.3 is 19.2 Å². The molecule has 2 heterocycles. The van der Waals surface area contributed by atoms with E-state index in [1.807, 2.05) is 93.5 Å². The summed E-state index contributed by atoms with van der Waals surface area (Å²) in [6.45, 7) is 20.6. The average molecular weight is 513 g/mol. The molecule has 37 heavy (non-hydrogen) atoms. The van der Waals surface area contributed by atoms with Crippen LogP contribution in [0.3, 0.4) is 0 Å². The normalized spacial score (nSPS) is 26.2. The first-order valence-electron chi connectivity index (χ1n) is 13.5. The fourth-order valence-corrected chi connectivity index (χ4v) is 5.59. The number of rotatable bonds is 3. The van der Waals surface area contributed by atoms with Crippen LogP contribution in [0.4, 0.5) is 4.79 Å². The summed E-state index contributed by atoms with van der Waals surface area (Å²) in [6.07, 6.45) is 1.87. The molecule has 7 nitrogen and oxygen atoms in total. The summed E-state index contributed by atoms with van der Waals surface area (Å²) >= 11 is 0. The van der Waals surface area contributed by atoms with Gasteiger partial charge in [0.05, 0.1) is 16.6 Å². The van der Waals surface area contributed by atoms with Crippen LogP contribution in [0.25, 0.3) is 0 Å². The number of carbonyl (C=O) groups excluding carboxylic acids is 2. The van der Waals surface area contributed by atoms with Gasteiger partial charge < -0.3 is 23.7 Å². The zero-order valence-corrected chi connectivity index (χ0v) is 24.3. The molecule has 0 aromatic heterocycles. The van der Waals surface area contributed by atoms with Crippen LogP contribution in [0.2, 0.25) is 0 Å². The van der Waals surface area contributed by atoms with Crippen molar-refractivity contribution in [3.63, 3.8) is 0 Å². The van der Waals surface area contributed by atoms with Crippen LogP contribution in [0.1, 0.15) is 94.1 Å². The summed E-state index contributed by atoms with van der Waals surface area (Å²) in [5, 5.41) is 0. The van der Waals surface area contributed by atoms with E-state index < -0.39 is 34.9 Å². The Labute approximate surface area is 222 Å². The number of piperidine rings is 1. The van der Waals surface area contributed by atoms with Crippen LogP contribution < -0.4 is 5.46 Å². The van der Waals surface area contributed by atoms with Crippen molar-refractivity contribution in [2.45, 2.75) is 116 Å². The average Bonchev–Trinajstić information content (AvgIpc) is 3.32. The van der Waals surface area contributed by atoms with E-state index in [2.05, 4.69) is 0 Å². The van der Waals surface area contributed by atoms with E-state index in [1.54, 1.807) is 4.90 Å². The molecule has 0 radical (unpaired) electrons. The van der Waals surface area contributed by atoms with Gasteiger partial charge in [-0.25, -0.2) is 4.79 Å². The van der Waals surface area contributed by atoms with Gasteiger partial charge in [0.1, 0.15) is 11.2 Å².